The van der Waals surface area contributed by atoms with Crippen molar-refractivity contribution >= 4 is 17.3 Å². The Labute approximate surface area is 106 Å². The third-order valence-corrected chi connectivity index (χ3v) is 3.32. The third kappa shape index (κ3) is 2.55. The van der Waals surface area contributed by atoms with Crippen LogP contribution in [0.3, 0.4) is 0 Å². The van der Waals surface area contributed by atoms with E-state index in [1.165, 1.54) is 13.2 Å². The molecule has 1 heterocycles. The lowest BCUT2D eigenvalue weighted by Crippen LogP contribution is -2.31. The zero-order chi connectivity index (χ0) is 13.1. The normalized spacial score (nSPS) is 19.0. The Hall–Kier alpha value is -1.78. The monoisotopic (exact) mass is 252 g/mol. The number of nitrogen functional groups attached to an aromatic ring is 1. The van der Waals surface area contributed by atoms with E-state index in [2.05, 4.69) is 9.64 Å². The fourth-order valence-electron chi connectivity index (χ4n) is 2.37. The summed E-state index contributed by atoms with van der Waals surface area (Å²) in [5.41, 5.74) is 6.56. The first kappa shape index (κ1) is 12.7. The van der Waals surface area contributed by atoms with Crippen LogP contribution in [-0.2, 0) is 9.53 Å². The molecule has 1 atom stereocenters. The quantitative estimate of drug-likeness (QED) is 0.659. The summed E-state index contributed by atoms with van der Waals surface area (Å²) in [6.45, 7) is 0.854. The average Bonchev–Trinajstić information content (AvgIpc) is 2.80. The van der Waals surface area contributed by atoms with Crippen molar-refractivity contribution in [1.82, 2.24) is 0 Å². The van der Waals surface area contributed by atoms with Gasteiger partial charge in [-0.1, -0.05) is 0 Å². The lowest BCUT2D eigenvalue weighted by molar-refractivity contribution is -0.140. The van der Waals surface area contributed by atoms with Gasteiger partial charge in [0.05, 0.1) is 19.2 Å². The van der Waals surface area contributed by atoms with Crippen LogP contribution < -0.4 is 10.6 Å². The highest BCUT2D eigenvalue weighted by molar-refractivity contribution is 5.71. The molecule has 0 bridgehead atoms. The number of ether oxygens (including phenoxy) is 1. The number of nitrogens with zero attached hydrogens (tertiary/aromatic N) is 1. The Kier molecular flexibility index (Phi) is 3.69. The summed E-state index contributed by atoms with van der Waals surface area (Å²) >= 11 is 0. The molecule has 1 fully saturated rings. The second-order valence-electron chi connectivity index (χ2n) is 4.48. The van der Waals surface area contributed by atoms with Crippen LogP contribution in [0.25, 0.3) is 0 Å². The highest BCUT2D eigenvalue weighted by Crippen LogP contribution is 2.29. The Balaban J connectivity index is 2.15. The van der Waals surface area contributed by atoms with E-state index < -0.39 is 5.82 Å². The number of anilines is 2. The summed E-state index contributed by atoms with van der Waals surface area (Å²) in [4.78, 5) is 13.4. The summed E-state index contributed by atoms with van der Waals surface area (Å²) in [5, 5.41) is 0. The van der Waals surface area contributed by atoms with Crippen LogP contribution in [0.2, 0.25) is 0 Å². The van der Waals surface area contributed by atoms with Gasteiger partial charge < -0.3 is 15.4 Å². The van der Waals surface area contributed by atoms with Crippen LogP contribution in [-0.4, -0.2) is 25.7 Å². The number of carbonyl (C=O) groups excluding carboxylic acids is 1. The van der Waals surface area contributed by atoms with Gasteiger partial charge in [0.15, 0.2) is 0 Å². The number of carbonyl (C=O) groups is 1. The van der Waals surface area contributed by atoms with Crippen molar-refractivity contribution < 1.29 is 13.9 Å². The highest BCUT2D eigenvalue weighted by atomic mass is 19.1. The van der Waals surface area contributed by atoms with Gasteiger partial charge in [-0.25, -0.2) is 4.39 Å². The average molecular weight is 252 g/mol. The van der Waals surface area contributed by atoms with Crippen molar-refractivity contribution in [2.75, 3.05) is 24.3 Å². The minimum Gasteiger partial charge on any atom is -0.469 e. The van der Waals surface area contributed by atoms with Crippen molar-refractivity contribution in [3.05, 3.63) is 24.0 Å². The first-order chi connectivity index (χ1) is 8.61. The minimum atomic E-state index is -0.414. The molecule has 4 nitrogen and oxygen atoms in total. The van der Waals surface area contributed by atoms with Gasteiger partial charge in [0.1, 0.15) is 5.82 Å². The molecule has 0 spiro atoms. The van der Waals surface area contributed by atoms with Gasteiger partial charge in [-0.2, -0.15) is 0 Å². The van der Waals surface area contributed by atoms with Crippen molar-refractivity contribution in [1.29, 1.82) is 0 Å². The summed E-state index contributed by atoms with van der Waals surface area (Å²) in [7, 11) is 1.39. The molecule has 1 aliphatic heterocycles. The number of hydrogen-bond acceptors (Lipinski definition) is 4. The molecule has 1 aliphatic rings. The molecule has 0 aliphatic carbocycles. The molecule has 1 unspecified atom stereocenters. The maximum atomic E-state index is 13.1. The van der Waals surface area contributed by atoms with Crippen LogP contribution in [0, 0.1) is 5.82 Å². The van der Waals surface area contributed by atoms with Gasteiger partial charge in [0, 0.05) is 18.3 Å². The van der Waals surface area contributed by atoms with Crippen molar-refractivity contribution in [2.24, 2.45) is 0 Å². The largest absolute Gasteiger partial charge is 0.469 e. The molecule has 2 rings (SSSR count). The van der Waals surface area contributed by atoms with E-state index in [0.29, 0.717) is 6.42 Å². The molecule has 0 amide bonds. The molecule has 0 saturated carbocycles. The maximum Gasteiger partial charge on any atom is 0.307 e. The molecule has 1 aromatic rings. The number of methoxy groups -OCH3 is 1. The smallest absolute Gasteiger partial charge is 0.307 e. The highest BCUT2D eigenvalue weighted by Gasteiger charge is 2.27. The maximum absolute atomic E-state index is 13.1. The second kappa shape index (κ2) is 5.25. The van der Waals surface area contributed by atoms with Gasteiger partial charge in [0.2, 0.25) is 0 Å². The fourth-order valence-corrected chi connectivity index (χ4v) is 2.37. The molecule has 2 N–H and O–H groups in total. The van der Waals surface area contributed by atoms with E-state index in [-0.39, 0.29) is 17.7 Å². The Bertz CT molecular complexity index is 451. The minimum absolute atomic E-state index is 0.113. The number of hydrogen-bond donors (Lipinski definition) is 1. The van der Waals surface area contributed by atoms with Crippen LogP contribution in [0.5, 0.6) is 0 Å². The van der Waals surface area contributed by atoms with Crippen LogP contribution in [0.4, 0.5) is 15.8 Å². The van der Waals surface area contributed by atoms with Gasteiger partial charge in [-0.15, -0.1) is 0 Å². The van der Waals surface area contributed by atoms with E-state index >= 15 is 0 Å². The lowest BCUT2D eigenvalue weighted by Gasteiger charge is -2.26. The van der Waals surface area contributed by atoms with Crippen molar-refractivity contribution in [2.45, 2.75) is 25.3 Å². The summed E-state index contributed by atoms with van der Waals surface area (Å²) in [5.74, 6) is -0.635. The van der Waals surface area contributed by atoms with E-state index in [0.717, 1.165) is 25.1 Å². The second-order valence-corrected chi connectivity index (χ2v) is 4.48. The number of nitrogens with two attached hydrogens (primary N) is 1. The van der Waals surface area contributed by atoms with E-state index in [9.17, 15) is 9.18 Å². The Morgan fingerprint density at radius 1 is 1.61 bits per heavy atom. The molecule has 1 saturated heterocycles. The summed E-state index contributed by atoms with van der Waals surface area (Å²) < 4.78 is 17.8. The number of benzene rings is 1. The SMILES string of the molecule is COC(=O)CC1CCCN1c1ccc(F)c(N)c1. The van der Waals surface area contributed by atoms with Crippen LogP contribution in [0.15, 0.2) is 18.2 Å². The molecule has 98 valence electrons. The predicted octanol–water partition coefficient (Wildman–Crippen LogP) is 1.94. The van der Waals surface area contributed by atoms with Gasteiger partial charge >= 0.3 is 5.97 Å². The van der Waals surface area contributed by atoms with Gasteiger partial charge in [-0.3, -0.25) is 4.79 Å². The molecule has 0 radical (unpaired) electrons. The molecule has 5 heteroatoms. The fraction of sp³-hybridized carbons (Fsp3) is 0.462. The summed E-state index contributed by atoms with van der Waals surface area (Å²) in [6.07, 6.45) is 2.30. The first-order valence-electron chi connectivity index (χ1n) is 6.00. The zero-order valence-corrected chi connectivity index (χ0v) is 10.4. The molecule has 0 aromatic heterocycles. The predicted molar refractivity (Wildman–Crippen MR) is 67.8 cm³/mol. The molecular weight excluding hydrogens is 235 g/mol. The number of esters is 1. The summed E-state index contributed by atoms with van der Waals surface area (Å²) in [6, 6.07) is 4.78. The van der Waals surface area contributed by atoms with Crippen LogP contribution >= 0.6 is 0 Å². The molecular formula is C13H17FN2O2. The van der Waals surface area contributed by atoms with Crippen molar-refractivity contribution in [3.63, 3.8) is 0 Å². The van der Waals surface area contributed by atoms with Crippen molar-refractivity contribution in [3.8, 4) is 0 Å². The molecule has 1 aromatic carbocycles. The van der Waals surface area contributed by atoms with E-state index in [1.807, 2.05) is 0 Å². The molecule has 18 heavy (non-hydrogen) atoms. The standard InChI is InChI=1S/C13H17FN2O2/c1-18-13(17)8-9-3-2-6-16(9)10-4-5-11(14)12(15)7-10/h4-5,7,9H,2-3,6,8,15H2,1H3. The third-order valence-electron chi connectivity index (χ3n) is 3.32. The number of rotatable bonds is 3. The lowest BCUT2D eigenvalue weighted by atomic mass is 10.1. The van der Waals surface area contributed by atoms with Gasteiger partial charge in [0.25, 0.3) is 0 Å². The Morgan fingerprint density at radius 2 is 2.39 bits per heavy atom. The first-order valence-corrected chi connectivity index (χ1v) is 6.00. The van der Waals surface area contributed by atoms with E-state index in [4.69, 9.17) is 5.73 Å². The topological polar surface area (TPSA) is 55.6 Å². The zero-order valence-electron chi connectivity index (χ0n) is 10.4. The van der Waals surface area contributed by atoms with Gasteiger partial charge in [-0.05, 0) is 31.0 Å². The Morgan fingerprint density at radius 3 is 3.06 bits per heavy atom. The van der Waals surface area contributed by atoms with E-state index in [1.54, 1.807) is 12.1 Å². The van der Waals surface area contributed by atoms with Crippen LogP contribution in [0.1, 0.15) is 19.3 Å². The number of halogens is 1.